The summed E-state index contributed by atoms with van der Waals surface area (Å²) in [4.78, 5) is 12.5. The van der Waals surface area contributed by atoms with E-state index in [-0.39, 0.29) is 18.4 Å². The molecule has 4 rings (SSSR count). The lowest BCUT2D eigenvalue weighted by molar-refractivity contribution is -0.137. The zero-order chi connectivity index (χ0) is 19.7. The number of alkyl halides is 3. The Hall–Kier alpha value is -2.70. The summed E-state index contributed by atoms with van der Waals surface area (Å²) in [7, 11) is 0. The fourth-order valence-electron chi connectivity index (χ4n) is 3.42. The van der Waals surface area contributed by atoms with E-state index < -0.39 is 11.7 Å². The number of fused-ring (bicyclic) bond motifs is 1. The predicted molar refractivity (Wildman–Crippen MR) is 96.2 cm³/mol. The van der Waals surface area contributed by atoms with Crippen molar-refractivity contribution in [2.45, 2.75) is 31.5 Å². The van der Waals surface area contributed by atoms with Crippen molar-refractivity contribution < 1.29 is 27.4 Å². The number of hydrogen-bond acceptors (Lipinski definition) is 3. The van der Waals surface area contributed by atoms with Gasteiger partial charge in [-0.2, -0.15) is 13.2 Å². The van der Waals surface area contributed by atoms with Gasteiger partial charge in [-0.05, 0) is 48.1 Å². The van der Waals surface area contributed by atoms with Gasteiger partial charge in [0.25, 0.3) is 0 Å². The Bertz CT molecular complexity index is 877. The maximum Gasteiger partial charge on any atom is 0.416 e. The maximum absolute atomic E-state index is 12.9. The number of nitrogens with one attached hydrogen (secondary N) is 1. The molecule has 1 saturated carbocycles. The lowest BCUT2D eigenvalue weighted by atomic mass is 10.0. The minimum Gasteiger partial charge on any atom is -0.486 e. The van der Waals surface area contributed by atoms with Crippen LogP contribution < -0.4 is 14.8 Å². The van der Waals surface area contributed by atoms with Crippen LogP contribution in [0.25, 0.3) is 0 Å². The first-order chi connectivity index (χ1) is 13.4. The van der Waals surface area contributed by atoms with Gasteiger partial charge in [0.2, 0.25) is 5.91 Å². The molecule has 148 valence electrons. The second kappa shape index (κ2) is 7.37. The van der Waals surface area contributed by atoms with Crippen LogP contribution in [0.15, 0.2) is 42.5 Å². The standard InChI is InChI=1S/C21H20F3NO3/c22-21(23,24)16-3-1-2-13(10-16)11-19(26)25-20(14-4-5-14)15-6-7-17-18(12-15)28-9-8-27-17/h1-3,6-7,10,12,14,20H,4-5,8-9,11H2,(H,25,26). The Morgan fingerprint density at radius 1 is 1.07 bits per heavy atom. The van der Waals surface area contributed by atoms with E-state index >= 15 is 0 Å². The van der Waals surface area contributed by atoms with Gasteiger partial charge >= 0.3 is 6.18 Å². The van der Waals surface area contributed by atoms with Crippen molar-refractivity contribution in [3.63, 3.8) is 0 Å². The van der Waals surface area contributed by atoms with Gasteiger partial charge in [0.15, 0.2) is 11.5 Å². The van der Waals surface area contributed by atoms with Crippen molar-refractivity contribution in [2.24, 2.45) is 5.92 Å². The third-order valence-electron chi connectivity index (χ3n) is 4.95. The third kappa shape index (κ3) is 4.24. The van der Waals surface area contributed by atoms with Gasteiger partial charge in [-0.15, -0.1) is 0 Å². The Labute approximate surface area is 160 Å². The second-order valence-electron chi connectivity index (χ2n) is 7.16. The summed E-state index contributed by atoms with van der Waals surface area (Å²) in [6.07, 6.45) is -2.52. The van der Waals surface area contributed by atoms with Crippen molar-refractivity contribution in [1.82, 2.24) is 5.32 Å². The summed E-state index contributed by atoms with van der Waals surface area (Å²) < 4.78 is 49.7. The number of benzene rings is 2. The first-order valence-corrected chi connectivity index (χ1v) is 9.25. The van der Waals surface area contributed by atoms with E-state index in [9.17, 15) is 18.0 Å². The smallest absolute Gasteiger partial charge is 0.416 e. The summed E-state index contributed by atoms with van der Waals surface area (Å²) >= 11 is 0. The largest absolute Gasteiger partial charge is 0.486 e. The Morgan fingerprint density at radius 2 is 1.82 bits per heavy atom. The zero-order valence-electron chi connectivity index (χ0n) is 15.1. The molecule has 1 aliphatic heterocycles. The highest BCUT2D eigenvalue weighted by Gasteiger charge is 2.34. The van der Waals surface area contributed by atoms with Crippen molar-refractivity contribution in [3.05, 3.63) is 59.2 Å². The molecule has 1 unspecified atom stereocenters. The first-order valence-electron chi connectivity index (χ1n) is 9.25. The molecule has 0 spiro atoms. The fourth-order valence-corrected chi connectivity index (χ4v) is 3.42. The molecule has 0 radical (unpaired) electrons. The van der Waals surface area contributed by atoms with E-state index in [2.05, 4.69) is 5.32 Å². The number of ether oxygens (including phenoxy) is 2. The molecule has 1 fully saturated rings. The number of hydrogen-bond donors (Lipinski definition) is 1. The molecule has 1 aliphatic carbocycles. The van der Waals surface area contributed by atoms with Crippen LogP contribution in [0.2, 0.25) is 0 Å². The highest BCUT2D eigenvalue weighted by atomic mass is 19.4. The summed E-state index contributed by atoms with van der Waals surface area (Å²) in [5, 5.41) is 2.99. The van der Waals surface area contributed by atoms with Gasteiger partial charge < -0.3 is 14.8 Å². The van der Waals surface area contributed by atoms with Crippen LogP contribution in [0.4, 0.5) is 13.2 Å². The van der Waals surface area contributed by atoms with Crippen molar-refractivity contribution in [1.29, 1.82) is 0 Å². The van der Waals surface area contributed by atoms with Crippen LogP contribution in [0.1, 0.15) is 35.6 Å². The average Bonchev–Trinajstić information content (AvgIpc) is 3.50. The van der Waals surface area contributed by atoms with Crippen LogP contribution >= 0.6 is 0 Å². The van der Waals surface area contributed by atoms with Crippen LogP contribution in [-0.2, 0) is 17.4 Å². The Kier molecular flexibility index (Phi) is 4.91. The highest BCUT2D eigenvalue weighted by molar-refractivity contribution is 5.79. The zero-order valence-corrected chi connectivity index (χ0v) is 15.1. The van der Waals surface area contributed by atoms with Gasteiger partial charge in [0.1, 0.15) is 13.2 Å². The highest BCUT2D eigenvalue weighted by Crippen LogP contribution is 2.43. The van der Waals surface area contributed by atoms with Crippen LogP contribution in [0, 0.1) is 5.92 Å². The topological polar surface area (TPSA) is 47.6 Å². The molecule has 1 amide bonds. The van der Waals surface area contributed by atoms with Crippen molar-refractivity contribution in [2.75, 3.05) is 13.2 Å². The molecule has 2 aliphatic rings. The normalized spacial score (nSPS) is 17.1. The summed E-state index contributed by atoms with van der Waals surface area (Å²) in [6, 6.07) is 10.3. The van der Waals surface area contributed by atoms with Gasteiger partial charge in [0.05, 0.1) is 18.0 Å². The number of carbonyl (C=O) groups is 1. The van der Waals surface area contributed by atoms with E-state index in [1.165, 1.54) is 12.1 Å². The summed E-state index contributed by atoms with van der Waals surface area (Å²) in [5.41, 5.74) is 0.511. The molecule has 1 N–H and O–H groups in total. The van der Waals surface area contributed by atoms with E-state index in [1.54, 1.807) is 0 Å². The Morgan fingerprint density at radius 3 is 2.54 bits per heavy atom. The molecule has 7 heteroatoms. The van der Waals surface area contributed by atoms with E-state index in [4.69, 9.17) is 9.47 Å². The third-order valence-corrected chi connectivity index (χ3v) is 4.95. The number of carbonyl (C=O) groups excluding carboxylic acids is 1. The molecule has 0 bridgehead atoms. The lowest BCUT2D eigenvalue weighted by Gasteiger charge is -2.23. The molecule has 4 nitrogen and oxygen atoms in total. The quantitative estimate of drug-likeness (QED) is 0.827. The second-order valence-corrected chi connectivity index (χ2v) is 7.16. The fraction of sp³-hybridized carbons (Fsp3) is 0.381. The Balaban J connectivity index is 1.48. The van der Waals surface area contributed by atoms with E-state index in [0.717, 1.165) is 30.5 Å². The van der Waals surface area contributed by atoms with Gasteiger partial charge in [-0.1, -0.05) is 24.3 Å². The minimum absolute atomic E-state index is 0.0995. The van der Waals surface area contributed by atoms with Crippen LogP contribution in [0.3, 0.4) is 0 Å². The van der Waals surface area contributed by atoms with Crippen LogP contribution in [-0.4, -0.2) is 19.1 Å². The minimum atomic E-state index is -4.42. The average molecular weight is 391 g/mol. The van der Waals surface area contributed by atoms with Crippen LogP contribution in [0.5, 0.6) is 11.5 Å². The monoisotopic (exact) mass is 391 g/mol. The predicted octanol–water partition coefficient (Wildman–Crippen LogP) is 4.29. The van der Waals surface area contributed by atoms with Gasteiger partial charge in [-0.3, -0.25) is 4.79 Å². The number of halogens is 3. The first kappa shape index (κ1) is 18.7. The SMILES string of the molecule is O=C(Cc1cccc(C(F)(F)F)c1)NC(c1ccc2c(c1)OCCO2)C1CC1. The molecular formula is C21H20F3NO3. The summed E-state index contributed by atoms with van der Waals surface area (Å²) in [6.45, 7) is 0.985. The molecule has 2 aromatic rings. The molecule has 1 heterocycles. The molecular weight excluding hydrogens is 371 g/mol. The van der Waals surface area contributed by atoms with Crippen molar-refractivity contribution >= 4 is 5.91 Å². The molecule has 28 heavy (non-hydrogen) atoms. The van der Waals surface area contributed by atoms with Gasteiger partial charge in [-0.25, -0.2) is 0 Å². The summed E-state index contributed by atoms with van der Waals surface area (Å²) in [5.74, 6) is 1.36. The van der Waals surface area contributed by atoms with Crippen molar-refractivity contribution in [3.8, 4) is 11.5 Å². The molecule has 0 aromatic heterocycles. The lowest BCUT2D eigenvalue weighted by Crippen LogP contribution is -2.31. The number of rotatable bonds is 5. The molecule has 2 aromatic carbocycles. The number of amides is 1. The van der Waals surface area contributed by atoms with E-state index in [1.807, 2.05) is 18.2 Å². The van der Waals surface area contributed by atoms with E-state index in [0.29, 0.717) is 36.2 Å². The van der Waals surface area contributed by atoms with Gasteiger partial charge in [0, 0.05) is 0 Å². The maximum atomic E-state index is 12.9. The molecule has 1 atom stereocenters. The molecule has 0 saturated heterocycles.